The molecule has 0 spiro atoms. The minimum Gasteiger partial charge on any atom is -0.370 e. The third-order valence-corrected chi connectivity index (χ3v) is 4.67. The zero-order valence-electron chi connectivity index (χ0n) is 14.3. The normalized spacial score (nSPS) is 23.6. The minimum absolute atomic E-state index is 0.0742. The topological polar surface area (TPSA) is 64.1 Å². The van der Waals surface area contributed by atoms with Gasteiger partial charge in [-0.25, -0.2) is 0 Å². The van der Waals surface area contributed by atoms with Crippen molar-refractivity contribution in [3.63, 3.8) is 0 Å². The number of amides is 2. The second kappa shape index (κ2) is 8.45. The van der Waals surface area contributed by atoms with Gasteiger partial charge in [0.25, 0.3) is 0 Å². The van der Waals surface area contributed by atoms with Crippen LogP contribution >= 0.6 is 0 Å². The minimum atomic E-state index is -0.895. The number of rotatable bonds is 7. The lowest BCUT2D eigenvalue weighted by molar-refractivity contribution is -0.140. The Kier molecular flexibility index (Phi) is 6.59. The van der Waals surface area contributed by atoms with Gasteiger partial charge in [-0.3, -0.25) is 14.5 Å². The Balaban J connectivity index is 1.74. The third kappa shape index (κ3) is 4.78. The van der Waals surface area contributed by atoms with Gasteiger partial charge in [0.05, 0.1) is 5.92 Å². The summed E-state index contributed by atoms with van der Waals surface area (Å²) in [6.45, 7) is 8.77. The molecule has 1 saturated heterocycles. The van der Waals surface area contributed by atoms with E-state index in [-0.39, 0.29) is 24.3 Å². The Labute approximate surface area is 138 Å². The fourth-order valence-electron chi connectivity index (χ4n) is 3.16. The molecule has 130 valence electrons. The number of nitrogens with zero attached hydrogens (tertiary/aromatic N) is 3. The fourth-order valence-corrected chi connectivity index (χ4v) is 3.16. The maximum atomic E-state index is 12.5. The Morgan fingerprint density at radius 3 is 2.57 bits per heavy atom. The van der Waals surface area contributed by atoms with Crippen molar-refractivity contribution in [2.24, 2.45) is 5.92 Å². The van der Waals surface area contributed by atoms with E-state index < -0.39 is 6.23 Å². The molecule has 2 rings (SSSR count). The van der Waals surface area contributed by atoms with Gasteiger partial charge in [0.15, 0.2) is 0 Å². The predicted molar refractivity (Wildman–Crippen MR) is 88.6 cm³/mol. The molecule has 2 heterocycles. The molecule has 2 atom stereocenters. The number of aliphatic hydroxyl groups excluding tert-OH is 1. The van der Waals surface area contributed by atoms with Crippen LogP contribution in [0.25, 0.3) is 0 Å². The summed E-state index contributed by atoms with van der Waals surface area (Å²) in [4.78, 5) is 29.8. The van der Waals surface area contributed by atoms with E-state index >= 15 is 0 Å². The molecule has 6 nitrogen and oxygen atoms in total. The highest BCUT2D eigenvalue weighted by atomic mass is 16.3. The van der Waals surface area contributed by atoms with Crippen LogP contribution in [0, 0.1) is 5.92 Å². The van der Waals surface area contributed by atoms with E-state index in [4.69, 9.17) is 0 Å². The Hall–Kier alpha value is -1.40. The summed E-state index contributed by atoms with van der Waals surface area (Å²) in [7, 11) is 0. The number of unbranched alkanes of at least 4 members (excludes halogenated alkanes) is 2. The molecule has 2 unspecified atom stereocenters. The average Bonchev–Trinajstić information content (AvgIpc) is 2.87. The molecule has 0 aromatic rings. The summed E-state index contributed by atoms with van der Waals surface area (Å²) in [5, 5.41) is 9.72. The predicted octanol–water partition coefficient (Wildman–Crippen LogP) is 0.674. The van der Waals surface area contributed by atoms with Crippen molar-refractivity contribution in [2.45, 2.75) is 39.3 Å². The van der Waals surface area contributed by atoms with Crippen molar-refractivity contribution in [2.75, 3.05) is 39.3 Å². The number of carbonyl (C=O) groups is 2. The largest absolute Gasteiger partial charge is 0.370 e. The lowest BCUT2D eigenvalue weighted by Gasteiger charge is -2.36. The van der Waals surface area contributed by atoms with Crippen molar-refractivity contribution in [3.8, 4) is 0 Å². The Morgan fingerprint density at radius 2 is 2.00 bits per heavy atom. The first-order valence-corrected chi connectivity index (χ1v) is 8.71. The molecule has 1 N–H and O–H groups in total. The summed E-state index contributed by atoms with van der Waals surface area (Å²) in [6.07, 6.45) is 5.63. The zero-order chi connectivity index (χ0) is 16.8. The van der Waals surface area contributed by atoms with E-state index in [0.29, 0.717) is 0 Å². The second-order valence-electron chi connectivity index (χ2n) is 6.54. The molecular weight excluding hydrogens is 294 g/mol. The van der Waals surface area contributed by atoms with Crippen molar-refractivity contribution in [1.82, 2.24) is 14.7 Å². The van der Waals surface area contributed by atoms with Crippen LogP contribution in [0.1, 0.15) is 33.1 Å². The molecule has 0 bridgehead atoms. The van der Waals surface area contributed by atoms with Crippen LogP contribution in [-0.4, -0.2) is 77.1 Å². The Morgan fingerprint density at radius 1 is 1.30 bits per heavy atom. The van der Waals surface area contributed by atoms with Crippen LogP contribution in [0.15, 0.2) is 12.2 Å². The maximum Gasteiger partial charge on any atom is 0.248 e. The summed E-state index contributed by atoms with van der Waals surface area (Å²) in [5.74, 6) is -0.442. The average molecular weight is 323 g/mol. The van der Waals surface area contributed by atoms with Crippen LogP contribution in [0.5, 0.6) is 0 Å². The van der Waals surface area contributed by atoms with Gasteiger partial charge < -0.3 is 14.9 Å². The first-order chi connectivity index (χ1) is 11.0. The van der Waals surface area contributed by atoms with Gasteiger partial charge in [-0.2, -0.15) is 0 Å². The molecule has 2 aliphatic heterocycles. The van der Waals surface area contributed by atoms with Crippen molar-refractivity contribution in [1.29, 1.82) is 0 Å². The number of hydrogen-bond acceptors (Lipinski definition) is 4. The second-order valence-corrected chi connectivity index (χ2v) is 6.54. The van der Waals surface area contributed by atoms with E-state index in [1.807, 2.05) is 11.8 Å². The lowest BCUT2D eigenvalue weighted by atomic mass is 10.1. The SMILES string of the molecule is CCCCCN1CCN(C(=O)C(C)CN2C(=O)C=CC2O)CC1. The molecule has 2 aliphatic rings. The van der Waals surface area contributed by atoms with Crippen LogP contribution < -0.4 is 0 Å². The van der Waals surface area contributed by atoms with Crippen LogP contribution in [-0.2, 0) is 9.59 Å². The molecule has 6 heteroatoms. The van der Waals surface area contributed by atoms with Gasteiger partial charge in [0, 0.05) is 38.8 Å². The standard InChI is InChI=1S/C17H29N3O3/c1-3-4-5-8-18-9-11-19(12-10-18)17(23)14(2)13-20-15(21)6-7-16(20)22/h6-7,14-15,21H,3-5,8-13H2,1-2H3. The molecule has 0 radical (unpaired) electrons. The van der Waals surface area contributed by atoms with Gasteiger partial charge >= 0.3 is 0 Å². The first-order valence-electron chi connectivity index (χ1n) is 8.71. The Bertz CT molecular complexity index is 444. The molecular formula is C17H29N3O3. The lowest BCUT2D eigenvalue weighted by Crippen LogP contribution is -2.51. The van der Waals surface area contributed by atoms with Gasteiger partial charge in [-0.1, -0.05) is 26.7 Å². The fraction of sp³-hybridized carbons (Fsp3) is 0.765. The quantitative estimate of drug-likeness (QED) is 0.700. The van der Waals surface area contributed by atoms with Gasteiger partial charge in [0.1, 0.15) is 6.23 Å². The molecule has 0 aromatic carbocycles. The summed E-state index contributed by atoms with van der Waals surface area (Å²) < 4.78 is 0. The van der Waals surface area contributed by atoms with Gasteiger partial charge in [-0.15, -0.1) is 0 Å². The number of aliphatic hydroxyl groups is 1. The summed E-state index contributed by atoms with van der Waals surface area (Å²) in [5.41, 5.74) is 0. The molecule has 23 heavy (non-hydrogen) atoms. The highest BCUT2D eigenvalue weighted by molar-refractivity contribution is 5.91. The first kappa shape index (κ1) is 17.9. The number of piperazine rings is 1. The van der Waals surface area contributed by atoms with E-state index in [1.165, 1.54) is 36.3 Å². The zero-order valence-corrected chi connectivity index (χ0v) is 14.3. The molecule has 0 saturated carbocycles. The smallest absolute Gasteiger partial charge is 0.248 e. The molecule has 1 fully saturated rings. The van der Waals surface area contributed by atoms with Crippen molar-refractivity contribution >= 4 is 11.8 Å². The summed E-state index contributed by atoms with van der Waals surface area (Å²) in [6, 6.07) is 0. The molecule has 2 amide bonds. The van der Waals surface area contributed by atoms with E-state index in [0.717, 1.165) is 32.7 Å². The van der Waals surface area contributed by atoms with E-state index in [9.17, 15) is 14.7 Å². The summed E-state index contributed by atoms with van der Waals surface area (Å²) >= 11 is 0. The highest BCUT2D eigenvalue weighted by Crippen LogP contribution is 2.14. The third-order valence-electron chi connectivity index (χ3n) is 4.67. The highest BCUT2D eigenvalue weighted by Gasteiger charge is 2.30. The number of hydrogen-bond donors (Lipinski definition) is 1. The van der Waals surface area contributed by atoms with Crippen LogP contribution in [0.4, 0.5) is 0 Å². The van der Waals surface area contributed by atoms with Crippen LogP contribution in [0.2, 0.25) is 0 Å². The van der Waals surface area contributed by atoms with Crippen molar-refractivity contribution in [3.05, 3.63) is 12.2 Å². The molecule has 0 aromatic heterocycles. The van der Waals surface area contributed by atoms with Gasteiger partial charge in [-0.05, 0) is 19.0 Å². The van der Waals surface area contributed by atoms with E-state index in [1.54, 1.807) is 0 Å². The van der Waals surface area contributed by atoms with Crippen LogP contribution in [0.3, 0.4) is 0 Å². The monoisotopic (exact) mass is 323 g/mol. The van der Waals surface area contributed by atoms with Gasteiger partial charge in [0.2, 0.25) is 11.8 Å². The number of carbonyl (C=O) groups excluding carboxylic acids is 2. The van der Waals surface area contributed by atoms with Crippen molar-refractivity contribution < 1.29 is 14.7 Å². The maximum absolute atomic E-state index is 12.5. The molecule has 0 aliphatic carbocycles. The van der Waals surface area contributed by atoms with E-state index in [2.05, 4.69) is 11.8 Å².